The Morgan fingerprint density at radius 1 is 1.16 bits per heavy atom. The highest BCUT2D eigenvalue weighted by molar-refractivity contribution is 6.23. The third-order valence-corrected chi connectivity index (χ3v) is 5.10. The Morgan fingerprint density at radius 2 is 1.84 bits per heavy atom. The number of rotatable bonds is 6. The monoisotopic (exact) mass is 422 g/mol. The van der Waals surface area contributed by atoms with E-state index in [0.717, 1.165) is 12.0 Å². The molecule has 1 aliphatic heterocycles. The molecule has 31 heavy (non-hydrogen) atoms. The van der Waals surface area contributed by atoms with Crippen molar-refractivity contribution >= 4 is 29.3 Å². The minimum Gasteiger partial charge on any atom is -0.490 e. The van der Waals surface area contributed by atoms with Crippen LogP contribution in [0.5, 0.6) is 5.75 Å². The van der Waals surface area contributed by atoms with Crippen LogP contribution in [0.4, 0.5) is 11.4 Å². The summed E-state index contributed by atoms with van der Waals surface area (Å²) in [6.45, 7) is 3.70. The fourth-order valence-electron chi connectivity index (χ4n) is 3.48. The molecule has 0 spiro atoms. The number of aryl methyl sites for hydroxylation is 1. The minimum absolute atomic E-state index is 0.0995. The molecule has 0 radical (unpaired) electrons. The van der Waals surface area contributed by atoms with Gasteiger partial charge in [-0.25, -0.2) is 4.79 Å². The molecule has 0 saturated carbocycles. The van der Waals surface area contributed by atoms with Gasteiger partial charge in [0.05, 0.1) is 30.3 Å². The second-order valence-corrected chi connectivity index (χ2v) is 6.86. The van der Waals surface area contributed by atoms with Gasteiger partial charge in [0.15, 0.2) is 5.75 Å². The zero-order valence-electron chi connectivity index (χ0n) is 17.7. The van der Waals surface area contributed by atoms with Gasteiger partial charge in [-0.05, 0) is 48.7 Å². The van der Waals surface area contributed by atoms with Gasteiger partial charge >= 0.3 is 11.7 Å². The maximum atomic E-state index is 13.3. The number of esters is 1. The van der Waals surface area contributed by atoms with Crippen LogP contribution in [0.25, 0.3) is 6.08 Å². The van der Waals surface area contributed by atoms with Crippen LogP contribution < -0.4 is 9.64 Å². The Labute approximate surface area is 179 Å². The molecule has 1 aliphatic rings. The van der Waals surface area contributed by atoms with Crippen LogP contribution in [0, 0.1) is 10.1 Å². The lowest BCUT2D eigenvalue weighted by Crippen LogP contribution is -2.24. The van der Waals surface area contributed by atoms with Crippen molar-refractivity contribution in [1.82, 2.24) is 0 Å². The molecule has 0 aliphatic carbocycles. The van der Waals surface area contributed by atoms with E-state index in [2.05, 4.69) is 0 Å². The summed E-state index contributed by atoms with van der Waals surface area (Å²) in [5.74, 6) is -0.976. The summed E-state index contributed by atoms with van der Waals surface area (Å²) in [7, 11) is 2.58. The molecular weight excluding hydrogens is 400 g/mol. The van der Waals surface area contributed by atoms with E-state index < -0.39 is 16.8 Å². The van der Waals surface area contributed by atoms with Crippen LogP contribution in [0.15, 0.2) is 59.3 Å². The van der Waals surface area contributed by atoms with Gasteiger partial charge in [0.25, 0.3) is 5.91 Å². The first kappa shape index (κ1) is 21.8. The Bertz CT molecular complexity index is 1120. The fraction of sp³-hybridized carbons (Fsp3) is 0.217. The molecule has 8 heteroatoms. The van der Waals surface area contributed by atoms with Gasteiger partial charge in [-0.1, -0.05) is 25.1 Å². The molecule has 1 heterocycles. The molecule has 8 nitrogen and oxygen atoms in total. The number of hydrogen-bond donors (Lipinski definition) is 0. The first-order valence-corrected chi connectivity index (χ1v) is 9.59. The van der Waals surface area contributed by atoms with Crippen LogP contribution in [-0.4, -0.2) is 31.0 Å². The second-order valence-electron chi connectivity index (χ2n) is 6.86. The molecule has 2 aromatic rings. The van der Waals surface area contributed by atoms with Gasteiger partial charge in [-0.3, -0.25) is 19.8 Å². The highest BCUT2D eigenvalue weighted by Gasteiger charge is 2.38. The van der Waals surface area contributed by atoms with E-state index in [0.29, 0.717) is 16.9 Å². The Balaban J connectivity index is 2.12. The standard InChI is InChI=1S/C23H22N2O6/c1-5-15-6-9-17(10-7-15)24-14(2)21(23(27)31-4)18(22(24)26)12-16-8-11-20(30-3)19(13-16)25(28)29/h6-13H,5H2,1-4H3/b18-12-. The predicted molar refractivity (Wildman–Crippen MR) is 116 cm³/mol. The van der Waals surface area contributed by atoms with Crippen molar-refractivity contribution in [3.8, 4) is 5.75 Å². The molecule has 0 unspecified atom stereocenters. The van der Waals surface area contributed by atoms with E-state index in [1.54, 1.807) is 13.0 Å². The van der Waals surface area contributed by atoms with Crippen molar-refractivity contribution in [2.24, 2.45) is 0 Å². The van der Waals surface area contributed by atoms with Crippen LogP contribution in [0.3, 0.4) is 0 Å². The van der Waals surface area contributed by atoms with Gasteiger partial charge in [-0.15, -0.1) is 0 Å². The number of carbonyl (C=O) groups is 2. The number of methoxy groups -OCH3 is 2. The maximum Gasteiger partial charge on any atom is 0.340 e. The van der Waals surface area contributed by atoms with Crippen LogP contribution in [-0.2, 0) is 20.7 Å². The predicted octanol–water partition coefficient (Wildman–Crippen LogP) is 4.04. The Morgan fingerprint density at radius 3 is 2.39 bits per heavy atom. The normalized spacial score (nSPS) is 14.9. The highest BCUT2D eigenvalue weighted by atomic mass is 16.6. The van der Waals surface area contributed by atoms with Crippen LogP contribution in [0.2, 0.25) is 0 Å². The minimum atomic E-state index is -0.659. The largest absolute Gasteiger partial charge is 0.490 e. The summed E-state index contributed by atoms with van der Waals surface area (Å²) in [4.78, 5) is 38.0. The van der Waals surface area contributed by atoms with Gasteiger partial charge < -0.3 is 9.47 Å². The second kappa shape index (κ2) is 8.83. The van der Waals surface area contributed by atoms with E-state index in [4.69, 9.17) is 9.47 Å². The number of ether oxygens (including phenoxy) is 2. The quantitative estimate of drug-likeness (QED) is 0.301. The number of benzene rings is 2. The molecule has 0 atom stereocenters. The summed E-state index contributed by atoms with van der Waals surface area (Å²) in [5, 5.41) is 11.3. The Kier molecular flexibility index (Phi) is 6.20. The summed E-state index contributed by atoms with van der Waals surface area (Å²) in [6.07, 6.45) is 2.31. The van der Waals surface area contributed by atoms with Crippen molar-refractivity contribution in [2.45, 2.75) is 20.3 Å². The molecule has 1 amide bonds. The average Bonchev–Trinajstić information content (AvgIpc) is 3.02. The van der Waals surface area contributed by atoms with E-state index in [1.807, 2.05) is 31.2 Å². The van der Waals surface area contributed by atoms with E-state index in [1.165, 1.54) is 37.3 Å². The molecule has 0 bridgehead atoms. The summed E-state index contributed by atoms with van der Waals surface area (Å²) in [5.41, 5.74) is 2.52. The number of nitro benzene ring substituents is 1. The third kappa shape index (κ3) is 4.05. The first-order valence-electron chi connectivity index (χ1n) is 9.59. The third-order valence-electron chi connectivity index (χ3n) is 5.10. The van der Waals surface area contributed by atoms with Gasteiger partial charge in [0.2, 0.25) is 0 Å². The lowest BCUT2D eigenvalue weighted by Gasteiger charge is -2.18. The maximum absolute atomic E-state index is 13.3. The van der Waals surface area contributed by atoms with Gasteiger partial charge in [0.1, 0.15) is 0 Å². The first-order chi connectivity index (χ1) is 14.8. The summed E-state index contributed by atoms with van der Waals surface area (Å²) < 4.78 is 9.91. The number of carbonyl (C=O) groups excluding carboxylic acids is 2. The lowest BCUT2D eigenvalue weighted by atomic mass is 10.0. The molecule has 160 valence electrons. The smallest absolute Gasteiger partial charge is 0.340 e. The van der Waals surface area contributed by atoms with Gasteiger partial charge in [-0.2, -0.15) is 0 Å². The van der Waals surface area contributed by atoms with Crippen molar-refractivity contribution in [3.63, 3.8) is 0 Å². The van der Waals surface area contributed by atoms with Crippen molar-refractivity contribution < 1.29 is 24.0 Å². The number of amides is 1. The zero-order chi connectivity index (χ0) is 22.7. The number of nitro groups is 1. The van der Waals surface area contributed by atoms with Crippen molar-refractivity contribution in [2.75, 3.05) is 19.1 Å². The van der Waals surface area contributed by atoms with Crippen LogP contribution >= 0.6 is 0 Å². The Hall–Kier alpha value is -3.94. The lowest BCUT2D eigenvalue weighted by molar-refractivity contribution is -0.385. The van der Waals surface area contributed by atoms with E-state index in [9.17, 15) is 19.7 Å². The number of hydrogen-bond acceptors (Lipinski definition) is 6. The SMILES string of the molecule is CCc1ccc(N2C(=O)/C(=C\c3ccc(OC)c([N+](=O)[O-])c3)C(C(=O)OC)=C2C)cc1. The molecule has 0 saturated heterocycles. The summed E-state index contributed by atoms with van der Waals surface area (Å²) in [6, 6.07) is 11.8. The van der Waals surface area contributed by atoms with Crippen LogP contribution in [0.1, 0.15) is 25.0 Å². The van der Waals surface area contributed by atoms with E-state index in [-0.39, 0.29) is 22.6 Å². The molecule has 0 aromatic heterocycles. The molecule has 0 fully saturated rings. The molecule has 3 rings (SSSR count). The van der Waals surface area contributed by atoms with Crippen molar-refractivity contribution in [1.29, 1.82) is 0 Å². The zero-order valence-corrected chi connectivity index (χ0v) is 17.7. The highest BCUT2D eigenvalue weighted by Crippen LogP contribution is 2.36. The topological polar surface area (TPSA) is 99.0 Å². The van der Waals surface area contributed by atoms with Crippen molar-refractivity contribution in [3.05, 3.63) is 80.5 Å². The number of nitrogens with zero attached hydrogens (tertiary/aromatic N) is 2. The van der Waals surface area contributed by atoms with Gasteiger partial charge in [0, 0.05) is 17.5 Å². The number of allylic oxidation sites excluding steroid dienone is 1. The average molecular weight is 422 g/mol. The number of anilines is 1. The van der Waals surface area contributed by atoms with E-state index >= 15 is 0 Å². The fourth-order valence-corrected chi connectivity index (χ4v) is 3.48. The summed E-state index contributed by atoms with van der Waals surface area (Å²) >= 11 is 0. The molecular formula is C23H22N2O6. The molecule has 2 aromatic carbocycles. The molecule has 0 N–H and O–H groups in total.